The van der Waals surface area contributed by atoms with E-state index in [2.05, 4.69) is 18.8 Å². The summed E-state index contributed by atoms with van der Waals surface area (Å²) in [7, 11) is 0. The van der Waals surface area contributed by atoms with E-state index in [4.69, 9.17) is 0 Å². The van der Waals surface area contributed by atoms with E-state index in [9.17, 15) is 0 Å². The molecule has 1 unspecified atom stereocenters. The van der Waals surface area contributed by atoms with Crippen molar-refractivity contribution in [1.82, 2.24) is 5.32 Å². The largest absolute Gasteiger partial charge is 0.311 e. The fourth-order valence-electron chi connectivity index (χ4n) is 2.48. The molecule has 0 bridgehead atoms. The van der Waals surface area contributed by atoms with E-state index in [0.29, 0.717) is 6.04 Å². The van der Waals surface area contributed by atoms with Gasteiger partial charge in [-0.15, -0.1) is 6.58 Å². The quantitative estimate of drug-likeness (QED) is 0.674. The summed E-state index contributed by atoms with van der Waals surface area (Å²) in [6.45, 7) is 6.09. The van der Waals surface area contributed by atoms with E-state index in [-0.39, 0.29) is 0 Å². The monoisotopic (exact) mass is 209 g/mol. The SMILES string of the molecule is C=CCCC(C)NC1CCCCCCC1. The van der Waals surface area contributed by atoms with Gasteiger partial charge in [-0.1, -0.05) is 38.2 Å². The lowest BCUT2D eigenvalue weighted by molar-refractivity contribution is 0.352. The van der Waals surface area contributed by atoms with E-state index in [1.807, 2.05) is 6.08 Å². The third-order valence-electron chi connectivity index (χ3n) is 3.43. The van der Waals surface area contributed by atoms with Crippen LogP contribution in [-0.2, 0) is 0 Å². The van der Waals surface area contributed by atoms with Crippen LogP contribution in [0.1, 0.15) is 64.7 Å². The van der Waals surface area contributed by atoms with Crippen molar-refractivity contribution in [2.24, 2.45) is 0 Å². The molecule has 0 aromatic rings. The van der Waals surface area contributed by atoms with Gasteiger partial charge < -0.3 is 5.32 Å². The summed E-state index contributed by atoms with van der Waals surface area (Å²) in [5.74, 6) is 0. The summed E-state index contributed by atoms with van der Waals surface area (Å²) in [6, 6.07) is 1.44. The van der Waals surface area contributed by atoms with Gasteiger partial charge in [-0.3, -0.25) is 0 Å². The molecule has 1 aliphatic rings. The van der Waals surface area contributed by atoms with Crippen LogP contribution in [0, 0.1) is 0 Å². The van der Waals surface area contributed by atoms with Crippen LogP contribution in [0.3, 0.4) is 0 Å². The minimum atomic E-state index is 0.660. The van der Waals surface area contributed by atoms with Gasteiger partial charge in [-0.25, -0.2) is 0 Å². The first kappa shape index (κ1) is 12.8. The Bertz CT molecular complexity index is 157. The predicted octanol–water partition coefficient (Wildman–Crippen LogP) is 4.04. The smallest absolute Gasteiger partial charge is 0.00695 e. The fraction of sp³-hybridized carbons (Fsp3) is 0.857. The van der Waals surface area contributed by atoms with Crippen molar-refractivity contribution in [3.05, 3.63) is 12.7 Å². The lowest BCUT2D eigenvalue weighted by Gasteiger charge is -2.24. The molecule has 0 heterocycles. The molecule has 1 fully saturated rings. The maximum absolute atomic E-state index is 3.78. The molecule has 1 atom stereocenters. The first-order valence-corrected chi connectivity index (χ1v) is 6.70. The molecule has 0 radical (unpaired) electrons. The number of allylic oxidation sites excluding steroid dienone is 1. The summed E-state index contributed by atoms with van der Waals surface area (Å²) in [5.41, 5.74) is 0. The molecular formula is C14H27N. The van der Waals surface area contributed by atoms with Gasteiger partial charge in [0.1, 0.15) is 0 Å². The van der Waals surface area contributed by atoms with Gasteiger partial charge in [-0.2, -0.15) is 0 Å². The van der Waals surface area contributed by atoms with Crippen molar-refractivity contribution < 1.29 is 0 Å². The highest BCUT2D eigenvalue weighted by Crippen LogP contribution is 2.17. The van der Waals surface area contributed by atoms with Crippen molar-refractivity contribution in [3.8, 4) is 0 Å². The molecule has 15 heavy (non-hydrogen) atoms. The fourth-order valence-corrected chi connectivity index (χ4v) is 2.48. The lowest BCUT2D eigenvalue weighted by Crippen LogP contribution is -2.36. The molecule has 1 heteroatoms. The first-order valence-electron chi connectivity index (χ1n) is 6.70. The van der Waals surface area contributed by atoms with Crippen LogP contribution in [0.15, 0.2) is 12.7 Å². The van der Waals surface area contributed by atoms with Gasteiger partial charge in [0, 0.05) is 12.1 Å². The minimum absolute atomic E-state index is 0.660. The van der Waals surface area contributed by atoms with Gasteiger partial charge in [-0.05, 0) is 32.6 Å². The first-order chi connectivity index (χ1) is 7.33. The molecule has 0 aromatic heterocycles. The molecule has 0 amide bonds. The van der Waals surface area contributed by atoms with E-state index in [1.54, 1.807) is 0 Å². The Labute approximate surface area is 95.3 Å². The maximum atomic E-state index is 3.78. The molecule has 88 valence electrons. The zero-order valence-electron chi connectivity index (χ0n) is 10.3. The average Bonchev–Trinajstić information content (AvgIpc) is 2.19. The minimum Gasteiger partial charge on any atom is -0.311 e. The molecule has 0 aromatic carbocycles. The normalized spacial score (nSPS) is 21.7. The standard InChI is InChI=1S/C14H27N/c1-3-4-10-13(2)15-14-11-8-6-5-7-9-12-14/h3,13-15H,1,4-12H2,2H3. The van der Waals surface area contributed by atoms with Crippen molar-refractivity contribution in [3.63, 3.8) is 0 Å². The summed E-state index contributed by atoms with van der Waals surface area (Å²) in [4.78, 5) is 0. The van der Waals surface area contributed by atoms with Crippen molar-refractivity contribution in [1.29, 1.82) is 0 Å². The second kappa shape index (κ2) is 7.92. The molecule has 1 nitrogen and oxygen atoms in total. The Kier molecular flexibility index (Phi) is 6.74. The van der Waals surface area contributed by atoms with E-state index < -0.39 is 0 Å². The second-order valence-electron chi connectivity index (χ2n) is 4.98. The molecule has 1 N–H and O–H groups in total. The summed E-state index contributed by atoms with van der Waals surface area (Å²) >= 11 is 0. The van der Waals surface area contributed by atoms with Crippen LogP contribution in [0.2, 0.25) is 0 Å². The van der Waals surface area contributed by atoms with E-state index in [0.717, 1.165) is 12.5 Å². The third kappa shape index (κ3) is 5.99. The van der Waals surface area contributed by atoms with Crippen LogP contribution in [0.5, 0.6) is 0 Å². The number of hydrogen-bond acceptors (Lipinski definition) is 1. The van der Waals surface area contributed by atoms with Crippen LogP contribution in [0.4, 0.5) is 0 Å². The van der Waals surface area contributed by atoms with Crippen LogP contribution >= 0.6 is 0 Å². The van der Waals surface area contributed by atoms with Crippen LogP contribution < -0.4 is 5.32 Å². The third-order valence-corrected chi connectivity index (χ3v) is 3.43. The zero-order chi connectivity index (χ0) is 10.9. The summed E-state index contributed by atoms with van der Waals surface area (Å²) in [6.07, 6.45) is 14.4. The van der Waals surface area contributed by atoms with Gasteiger partial charge in [0.25, 0.3) is 0 Å². The van der Waals surface area contributed by atoms with Gasteiger partial charge in [0.2, 0.25) is 0 Å². The molecule has 1 rings (SSSR count). The summed E-state index contributed by atoms with van der Waals surface area (Å²) < 4.78 is 0. The highest BCUT2D eigenvalue weighted by Gasteiger charge is 2.12. The van der Waals surface area contributed by atoms with Gasteiger partial charge in [0.15, 0.2) is 0 Å². The van der Waals surface area contributed by atoms with E-state index >= 15 is 0 Å². The van der Waals surface area contributed by atoms with Crippen molar-refractivity contribution in [2.45, 2.75) is 76.8 Å². The maximum Gasteiger partial charge on any atom is 0.00695 e. The Hall–Kier alpha value is -0.300. The Morgan fingerprint density at radius 2 is 1.80 bits per heavy atom. The lowest BCUT2D eigenvalue weighted by atomic mass is 9.96. The van der Waals surface area contributed by atoms with Crippen molar-refractivity contribution in [2.75, 3.05) is 0 Å². The second-order valence-corrected chi connectivity index (χ2v) is 4.98. The van der Waals surface area contributed by atoms with Gasteiger partial charge >= 0.3 is 0 Å². The van der Waals surface area contributed by atoms with Gasteiger partial charge in [0.05, 0.1) is 0 Å². The molecule has 0 spiro atoms. The molecule has 0 saturated heterocycles. The van der Waals surface area contributed by atoms with Crippen LogP contribution in [-0.4, -0.2) is 12.1 Å². The van der Waals surface area contributed by atoms with Crippen molar-refractivity contribution >= 4 is 0 Å². The molecular weight excluding hydrogens is 182 g/mol. The Morgan fingerprint density at radius 1 is 1.20 bits per heavy atom. The highest BCUT2D eigenvalue weighted by molar-refractivity contribution is 4.76. The van der Waals surface area contributed by atoms with E-state index in [1.165, 1.54) is 51.4 Å². The van der Waals surface area contributed by atoms with Crippen LogP contribution in [0.25, 0.3) is 0 Å². The molecule has 1 saturated carbocycles. The molecule has 0 aliphatic heterocycles. The molecule has 1 aliphatic carbocycles. The zero-order valence-corrected chi connectivity index (χ0v) is 10.3. The number of hydrogen-bond donors (Lipinski definition) is 1. The Morgan fingerprint density at radius 3 is 2.40 bits per heavy atom. The number of rotatable bonds is 5. The topological polar surface area (TPSA) is 12.0 Å². The Balaban J connectivity index is 2.18. The highest BCUT2D eigenvalue weighted by atomic mass is 14.9. The number of nitrogens with one attached hydrogen (secondary N) is 1. The summed E-state index contributed by atoms with van der Waals surface area (Å²) in [5, 5.41) is 3.77. The predicted molar refractivity (Wildman–Crippen MR) is 68.1 cm³/mol. The average molecular weight is 209 g/mol.